The number of hydrogen-bond acceptors (Lipinski definition) is 0. The van der Waals surface area contributed by atoms with Crippen LogP contribution in [0, 0.1) is 0 Å². The van der Waals surface area contributed by atoms with Crippen molar-refractivity contribution in [2.45, 2.75) is 648 Å². The predicted molar refractivity (Wildman–Crippen MR) is 498 cm³/mol. The fourth-order valence-corrected chi connectivity index (χ4v) is 18.5. The van der Waals surface area contributed by atoms with Crippen molar-refractivity contribution < 1.29 is 0 Å². The van der Waals surface area contributed by atoms with Crippen LogP contribution in [0.2, 0.25) is 0 Å². The number of alkyl halides is 1. The monoisotopic (exact) mass is 1530 g/mol. The van der Waals surface area contributed by atoms with Gasteiger partial charge in [0, 0.05) is 0 Å². The van der Waals surface area contributed by atoms with E-state index in [1.165, 1.54) is 635 Å². The van der Waals surface area contributed by atoms with Crippen LogP contribution in [0.5, 0.6) is 0 Å². The van der Waals surface area contributed by atoms with Crippen LogP contribution in [-0.2, 0) is 0 Å². The van der Waals surface area contributed by atoms with Gasteiger partial charge in [0.15, 0.2) is 0 Å². The van der Waals surface area contributed by atoms with Crippen molar-refractivity contribution in [2.75, 3.05) is 0 Å². The predicted octanol–water partition coefficient (Wildman–Crippen LogP) is 41.6. The SMILES string of the molecule is CCCCCCCCCCCCCCCCCCCCCCCCCCCCCCCCCCCCCCCCCCCCCCCCCCCCCCCCCCCCCCCCCCCCCCCCCCCCCCCCCCCCCCCCCCCCCCCCCCCCC(Cl)c1ccccc1. The Balaban J connectivity index is 1.58. The van der Waals surface area contributed by atoms with Gasteiger partial charge in [0.25, 0.3) is 0 Å². The van der Waals surface area contributed by atoms with Crippen LogP contribution in [0.15, 0.2) is 30.3 Å². The van der Waals surface area contributed by atoms with Crippen molar-refractivity contribution in [3.8, 4) is 0 Å². The molecule has 1 heteroatoms. The summed E-state index contributed by atoms with van der Waals surface area (Å²) in [4.78, 5) is 0. The number of unbranched alkanes of at least 4 members (excludes halogenated alkanes) is 97. The standard InChI is InChI=1S/C107H207Cl/c1-2-3-4-5-6-7-8-9-10-11-12-13-14-15-16-17-18-19-20-21-22-23-24-25-26-27-28-29-30-31-32-33-34-35-36-37-38-39-40-41-42-43-44-45-46-47-48-49-50-51-52-53-54-55-56-57-58-59-60-61-62-63-64-65-66-67-68-69-70-71-72-73-74-75-76-77-78-79-80-81-82-83-84-85-86-87-88-89-90-91-92-93-94-95-96-97-98-102-105-107(108)106-103-100-99-101-104-106/h99-101,103-104,107H,2-98,102,105H2,1H3. The summed E-state index contributed by atoms with van der Waals surface area (Å²) in [7, 11) is 0. The second kappa shape index (κ2) is 98.9. The van der Waals surface area contributed by atoms with Crippen LogP contribution in [-0.4, -0.2) is 0 Å². The van der Waals surface area contributed by atoms with E-state index in [0.29, 0.717) is 0 Å². The Morgan fingerprint density at radius 3 is 0.333 bits per heavy atom. The van der Waals surface area contributed by atoms with Crippen molar-refractivity contribution >= 4 is 11.6 Å². The van der Waals surface area contributed by atoms with Crippen molar-refractivity contribution in [1.29, 1.82) is 0 Å². The minimum absolute atomic E-state index is 0.192. The largest absolute Gasteiger partial charge is 0.118 e. The Morgan fingerprint density at radius 2 is 0.231 bits per heavy atom. The lowest BCUT2D eigenvalue weighted by atomic mass is 10.0. The smallest absolute Gasteiger partial charge is 0.0585 e. The molecule has 0 heterocycles. The molecule has 0 radical (unpaired) electrons. The van der Waals surface area contributed by atoms with Crippen molar-refractivity contribution in [2.24, 2.45) is 0 Å². The first-order chi connectivity index (χ1) is 53.8. The first-order valence-corrected chi connectivity index (χ1v) is 53.0. The number of hydrogen-bond donors (Lipinski definition) is 0. The molecule has 0 saturated heterocycles. The van der Waals surface area contributed by atoms with Gasteiger partial charge < -0.3 is 0 Å². The maximum Gasteiger partial charge on any atom is 0.0585 e. The van der Waals surface area contributed by atoms with Gasteiger partial charge in [0.1, 0.15) is 0 Å². The van der Waals surface area contributed by atoms with E-state index in [1.807, 2.05) is 0 Å². The van der Waals surface area contributed by atoms with Gasteiger partial charge >= 0.3 is 0 Å². The lowest BCUT2D eigenvalue weighted by molar-refractivity contribution is 0.505. The van der Waals surface area contributed by atoms with Gasteiger partial charge in [-0.2, -0.15) is 0 Å². The van der Waals surface area contributed by atoms with Crippen molar-refractivity contribution in [1.82, 2.24) is 0 Å². The van der Waals surface area contributed by atoms with Gasteiger partial charge in [-0.3, -0.25) is 0 Å². The lowest BCUT2D eigenvalue weighted by Crippen LogP contribution is -1.90. The first kappa shape index (κ1) is 106. The fourth-order valence-electron chi connectivity index (χ4n) is 18.2. The molecule has 0 aliphatic heterocycles. The van der Waals surface area contributed by atoms with E-state index >= 15 is 0 Å². The Kier molecular flexibility index (Phi) is 96.6. The van der Waals surface area contributed by atoms with Crippen LogP contribution >= 0.6 is 11.6 Å². The van der Waals surface area contributed by atoms with Crippen LogP contribution in [0.1, 0.15) is 654 Å². The molecule has 0 aliphatic rings. The summed E-state index contributed by atoms with van der Waals surface area (Å²) >= 11 is 6.57. The Bertz CT molecular complexity index is 1650. The van der Waals surface area contributed by atoms with E-state index in [1.54, 1.807) is 0 Å². The van der Waals surface area contributed by atoms with Gasteiger partial charge in [0.05, 0.1) is 5.38 Å². The molecule has 0 bridgehead atoms. The summed E-state index contributed by atoms with van der Waals surface area (Å²) in [5.74, 6) is 0. The van der Waals surface area contributed by atoms with Gasteiger partial charge in [-0.05, 0) is 12.0 Å². The Hall–Kier alpha value is -0.490. The van der Waals surface area contributed by atoms with Gasteiger partial charge in [0.2, 0.25) is 0 Å². The molecule has 0 aromatic heterocycles. The third-order valence-corrected chi connectivity index (χ3v) is 26.4. The highest BCUT2D eigenvalue weighted by atomic mass is 35.5. The Labute approximate surface area is 691 Å². The molecule has 0 amide bonds. The molecular weight excluding hydrogens is 1320 g/mol. The van der Waals surface area contributed by atoms with Gasteiger partial charge in [-0.15, -0.1) is 11.6 Å². The molecule has 1 aromatic carbocycles. The molecule has 0 fully saturated rings. The highest BCUT2D eigenvalue weighted by molar-refractivity contribution is 6.20. The molecule has 1 aromatic rings. The molecular formula is C107H207Cl. The summed E-state index contributed by atoms with van der Waals surface area (Å²) < 4.78 is 0. The van der Waals surface area contributed by atoms with Gasteiger partial charge in [-0.1, -0.05) is 666 Å². The minimum atomic E-state index is 0.192. The Morgan fingerprint density at radius 1 is 0.139 bits per heavy atom. The summed E-state index contributed by atoms with van der Waals surface area (Å²) in [5.41, 5.74) is 1.28. The van der Waals surface area contributed by atoms with Crippen LogP contribution in [0.3, 0.4) is 0 Å². The van der Waals surface area contributed by atoms with Gasteiger partial charge in [-0.25, -0.2) is 0 Å². The topological polar surface area (TPSA) is 0 Å². The average molecular weight is 1530 g/mol. The fraction of sp³-hybridized carbons (Fsp3) is 0.944. The summed E-state index contributed by atoms with van der Waals surface area (Å²) in [6, 6.07) is 10.6. The number of benzene rings is 1. The molecule has 0 spiro atoms. The van der Waals surface area contributed by atoms with E-state index in [2.05, 4.69) is 37.3 Å². The summed E-state index contributed by atoms with van der Waals surface area (Å²) in [6.45, 7) is 2.32. The summed E-state index contributed by atoms with van der Waals surface area (Å²) in [5, 5.41) is 0.192. The molecule has 1 unspecified atom stereocenters. The van der Waals surface area contributed by atoms with Crippen LogP contribution in [0.25, 0.3) is 0 Å². The third-order valence-electron chi connectivity index (χ3n) is 26.0. The quantitative estimate of drug-likeness (QED) is 0.0450. The molecule has 108 heavy (non-hydrogen) atoms. The highest BCUT2D eigenvalue weighted by Crippen LogP contribution is 2.28. The van der Waals surface area contributed by atoms with E-state index in [4.69, 9.17) is 11.6 Å². The maximum absolute atomic E-state index is 6.57. The third kappa shape index (κ3) is 92.7. The zero-order chi connectivity index (χ0) is 76.7. The molecule has 0 saturated carbocycles. The van der Waals surface area contributed by atoms with E-state index in [9.17, 15) is 0 Å². The normalized spacial score (nSPS) is 12.1. The summed E-state index contributed by atoms with van der Waals surface area (Å²) in [6.07, 6.45) is 147. The molecule has 1 rings (SSSR count). The zero-order valence-electron chi connectivity index (χ0n) is 75.3. The second-order valence-corrected chi connectivity index (χ2v) is 37.5. The number of halogens is 1. The van der Waals surface area contributed by atoms with E-state index in [0.717, 1.165) is 6.42 Å². The number of rotatable bonds is 100. The molecule has 0 N–H and O–H groups in total. The first-order valence-electron chi connectivity index (χ1n) is 52.5. The van der Waals surface area contributed by atoms with Crippen LogP contribution in [0.4, 0.5) is 0 Å². The van der Waals surface area contributed by atoms with E-state index < -0.39 is 0 Å². The molecule has 642 valence electrons. The van der Waals surface area contributed by atoms with Crippen LogP contribution < -0.4 is 0 Å². The maximum atomic E-state index is 6.57. The molecule has 0 aliphatic carbocycles. The zero-order valence-corrected chi connectivity index (χ0v) is 76.1. The molecule has 0 nitrogen and oxygen atoms in total. The lowest BCUT2D eigenvalue weighted by Gasteiger charge is -2.09. The minimum Gasteiger partial charge on any atom is -0.118 e. The van der Waals surface area contributed by atoms with Crippen molar-refractivity contribution in [3.63, 3.8) is 0 Å². The van der Waals surface area contributed by atoms with E-state index in [-0.39, 0.29) is 5.38 Å². The highest BCUT2D eigenvalue weighted by Gasteiger charge is 2.08. The van der Waals surface area contributed by atoms with Crippen molar-refractivity contribution in [3.05, 3.63) is 35.9 Å². The molecule has 1 atom stereocenters. The second-order valence-electron chi connectivity index (χ2n) is 37.0. The average Bonchev–Trinajstić information content (AvgIpc) is 0.929.